The maximum Gasteiger partial charge on any atom is 0.0995 e. The molecule has 2 N–H and O–H groups in total. The van der Waals surface area contributed by atoms with E-state index in [2.05, 4.69) is 26.2 Å². The number of nitrogens with zero attached hydrogens (tertiary/aromatic N) is 3. The molecule has 2 aromatic rings. The van der Waals surface area contributed by atoms with Crippen molar-refractivity contribution in [2.75, 3.05) is 0 Å². The highest BCUT2D eigenvalue weighted by Crippen LogP contribution is 2.34. The van der Waals surface area contributed by atoms with E-state index in [0.29, 0.717) is 21.4 Å². The van der Waals surface area contributed by atoms with E-state index in [0.717, 1.165) is 4.47 Å². The number of rotatable bonds is 2. The fourth-order valence-electron chi connectivity index (χ4n) is 1.30. The number of hydrogen-bond donors (Lipinski definition) is 1. The zero-order valence-corrected chi connectivity index (χ0v) is 12.0. The first-order chi connectivity index (χ1) is 8.00. The molecular weight excluding hydrogens is 327 g/mol. The molecule has 0 aliphatic heterocycles. The Hall–Kier alpha value is -0.620. The first kappa shape index (κ1) is 12.8. The van der Waals surface area contributed by atoms with Gasteiger partial charge in [-0.2, -0.15) is 0 Å². The average molecular weight is 336 g/mol. The van der Waals surface area contributed by atoms with Crippen LogP contribution in [0, 0.1) is 0 Å². The highest BCUT2D eigenvalue weighted by Gasteiger charge is 2.12. The summed E-state index contributed by atoms with van der Waals surface area (Å²) in [5.74, 6) is 0. The molecule has 0 aliphatic carbocycles. The van der Waals surface area contributed by atoms with Gasteiger partial charge in [0.15, 0.2) is 0 Å². The van der Waals surface area contributed by atoms with Crippen LogP contribution in [0.3, 0.4) is 0 Å². The maximum absolute atomic E-state index is 6.14. The molecule has 0 saturated carbocycles. The Morgan fingerprint density at radius 2 is 2.06 bits per heavy atom. The molecule has 0 aliphatic rings. The van der Waals surface area contributed by atoms with E-state index in [1.807, 2.05) is 6.92 Å². The van der Waals surface area contributed by atoms with Crippen molar-refractivity contribution in [1.82, 2.24) is 15.0 Å². The average Bonchev–Trinajstić information content (AvgIpc) is 2.75. The van der Waals surface area contributed by atoms with Crippen LogP contribution in [0.2, 0.25) is 10.0 Å². The summed E-state index contributed by atoms with van der Waals surface area (Å²) in [7, 11) is 0. The van der Waals surface area contributed by atoms with Gasteiger partial charge in [0.1, 0.15) is 0 Å². The Labute approximate surface area is 117 Å². The number of nitrogens with two attached hydrogens (primary N) is 1. The van der Waals surface area contributed by atoms with Crippen molar-refractivity contribution in [2.45, 2.75) is 13.0 Å². The zero-order chi connectivity index (χ0) is 12.6. The lowest BCUT2D eigenvalue weighted by Gasteiger charge is -2.06. The van der Waals surface area contributed by atoms with Crippen LogP contribution >= 0.6 is 39.1 Å². The quantitative estimate of drug-likeness (QED) is 0.856. The Bertz CT molecular complexity index is 553. The van der Waals surface area contributed by atoms with Crippen molar-refractivity contribution in [3.63, 3.8) is 0 Å². The lowest BCUT2D eigenvalue weighted by atomic mass is 10.3. The second-order valence-corrected chi connectivity index (χ2v) is 5.18. The smallest absolute Gasteiger partial charge is 0.0995 e. The minimum Gasteiger partial charge on any atom is -0.323 e. The topological polar surface area (TPSA) is 56.7 Å². The van der Waals surface area contributed by atoms with E-state index in [1.165, 1.54) is 0 Å². The molecule has 1 unspecified atom stereocenters. The maximum atomic E-state index is 6.14. The van der Waals surface area contributed by atoms with Gasteiger partial charge in [0, 0.05) is 10.5 Å². The minimum absolute atomic E-state index is 0.173. The fraction of sp³-hybridized carbons (Fsp3) is 0.200. The molecular formula is C10H9BrCl2N4. The molecule has 0 radical (unpaired) electrons. The highest BCUT2D eigenvalue weighted by molar-refractivity contribution is 9.10. The SMILES string of the molecule is CC(N)c1cn(-c2ccc(Br)c(Cl)c2Cl)nn1. The molecule has 0 bridgehead atoms. The fourth-order valence-corrected chi connectivity index (χ4v) is 2.15. The molecule has 0 spiro atoms. The second-order valence-electron chi connectivity index (χ2n) is 3.57. The summed E-state index contributed by atoms with van der Waals surface area (Å²) >= 11 is 15.5. The number of benzene rings is 1. The van der Waals surface area contributed by atoms with Gasteiger partial charge in [0.25, 0.3) is 0 Å². The minimum atomic E-state index is -0.173. The van der Waals surface area contributed by atoms with E-state index >= 15 is 0 Å². The number of aromatic nitrogens is 3. The molecule has 0 saturated heterocycles. The van der Waals surface area contributed by atoms with E-state index < -0.39 is 0 Å². The largest absolute Gasteiger partial charge is 0.323 e. The standard InChI is InChI=1S/C10H9BrCl2N4/c1-5(14)7-4-17(16-15-7)8-3-2-6(11)9(12)10(8)13/h2-5H,14H2,1H3. The zero-order valence-electron chi connectivity index (χ0n) is 8.86. The first-order valence-electron chi connectivity index (χ1n) is 4.82. The first-order valence-corrected chi connectivity index (χ1v) is 6.37. The van der Waals surface area contributed by atoms with Crippen molar-refractivity contribution in [1.29, 1.82) is 0 Å². The van der Waals surface area contributed by atoms with Crippen LogP contribution in [0.4, 0.5) is 0 Å². The summed E-state index contributed by atoms with van der Waals surface area (Å²) in [4.78, 5) is 0. The summed E-state index contributed by atoms with van der Waals surface area (Å²) in [6.07, 6.45) is 1.73. The van der Waals surface area contributed by atoms with Crippen LogP contribution in [-0.2, 0) is 0 Å². The molecule has 17 heavy (non-hydrogen) atoms. The lowest BCUT2D eigenvalue weighted by molar-refractivity contribution is 0.756. The van der Waals surface area contributed by atoms with Gasteiger partial charge in [-0.15, -0.1) is 5.10 Å². The van der Waals surface area contributed by atoms with Crippen LogP contribution < -0.4 is 5.73 Å². The van der Waals surface area contributed by atoms with Gasteiger partial charge in [-0.25, -0.2) is 4.68 Å². The highest BCUT2D eigenvalue weighted by atomic mass is 79.9. The summed E-state index contributed by atoms with van der Waals surface area (Å²) < 4.78 is 2.29. The molecule has 0 fully saturated rings. The Kier molecular flexibility index (Phi) is 3.73. The van der Waals surface area contributed by atoms with E-state index in [4.69, 9.17) is 28.9 Å². The Balaban J connectivity index is 2.49. The summed E-state index contributed by atoms with van der Waals surface area (Å²) in [6.45, 7) is 1.84. The number of hydrogen-bond acceptors (Lipinski definition) is 3. The molecule has 1 aromatic carbocycles. The van der Waals surface area contributed by atoms with Gasteiger partial charge >= 0.3 is 0 Å². The van der Waals surface area contributed by atoms with Crippen LogP contribution in [0.5, 0.6) is 0 Å². The molecule has 4 nitrogen and oxygen atoms in total. The summed E-state index contributed by atoms with van der Waals surface area (Å²) in [5.41, 5.74) is 7.08. The third-order valence-electron chi connectivity index (χ3n) is 2.24. The van der Waals surface area contributed by atoms with Gasteiger partial charge < -0.3 is 5.73 Å². The molecule has 1 heterocycles. The van der Waals surface area contributed by atoms with E-state index in [-0.39, 0.29) is 6.04 Å². The van der Waals surface area contributed by atoms with Crippen LogP contribution in [0.25, 0.3) is 5.69 Å². The van der Waals surface area contributed by atoms with Crippen LogP contribution in [0.1, 0.15) is 18.7 Å². The third kappa shape index (κ3) is 2.47. The summed E-state index contributed by atoms with van der Waals surface area (Å²) in [5, 5.41) is 8.79. The van der Waals surface area contributed by atoms with E-state index in [1.54, 1.807) is 23.0 Å². The van der Waals surface area contributed by atoms with Crippen molar-refractivity contribution < 1.29 is 0 Å². The molecule has 1 aromatic heterocycles. The van der Waals surface area contributed by atoms with Crippen molar-refractivity contribution >= 4 is 39.1 Å². The predicted molar refractivity (Wildman–Crippen MR) is 71.7 cm³/mol. The van der Waals surface area contributed by atoms with Gasteiger partial charge in [-0.05, 0) is 35.0 Å². The van der Waals surface area contributed by atoms with Gasteiger partial charge in [0.05, 0.1) is 27.6 Å². The normalized spacial score (nSPS) is 12.8. The van der Waals surface area contributed by atoms with Gasteiger partial charge in [-0.3, -0.25) is 0 Å². The lowest BCUT2D eigenvalue weighted by Crippen LogP contribution is -2.04. The third-order valence-corrected chi connectivity index (χ3v) is 4.00. The molecule has 0 amide bonds. The van der Waals surface area contributed by atoms with Gasteiger partial charge in [0.2, 0.25) is 0 Å². The number of halogens is 3. The Morgan fingerprint density at radius 3 is 2.65 bits per heavy atom. The van der Waals surface area contributed by atoms with Crippen molar-refractivity contribution in [2.24, 2.45) is 5.73 Å². The Morgan fingerprint density at radius 1 is 1.35 bits per heavy atom. The van der Waals surface area contributed by atoms with Crippen molar-refractivity contribution in [3.05, 3.63) is 38.5 Å². The van der Waals surface area contributed by atoms with Crippen molar-refractivity contribution in [3.8, 4) is 5.69 Å². The predicted octanol–water partition coefficient (Wildman–Crippen LogP) is 3.36. The van der Waals surface area contributed by atoms with Gasteiger partial charge in [-0.1, -0.05) is 28.4 Å². The molecule has 7 heteroatoms. The molecule has 1 atom stereocenters. The summed E-state index contributed by atoms with van der Waals surface area (Å²) in [6, 6.07) is 3.43. The second kappa shape index (κ2) is 4.94. The monoisotopic (exact) mass is 334 g/mol. The van der Waals surface area contributed by atoms with Crippen LogP contribution in [-0.4, -0.2) is 15.0 Å². The van der Waals surface area contributed by atoms with Crippen LogP contribution in [0.15, 0.2) is 22.8 Å². The molecule has 2 rings (SSSR count). The molecule has 90 valence electrons. The van der Waals surface area contributed by atoms with E-state index in [9.17, 15) is 0 Å².